The quantitative estimate of drug-likeness (QED) is 0.851. The second-order valence-electron chi connectivity index (χ2n) is 4.30. The molecule has 1 heterocycles. The van der Waals surface area contributed by atoms with E-state index in [0.717, 1.165) is 5.56 Å². The van der Waals surface area contributed by atoms with Crippen LogP contribution in [0, 0.1) is 0 Å². The number of benzene rings is 1. The Morgan fingerprint density at radius 3 is 3.00 bits per heavy atom. The summed E-state index contributed by atoms with van der Waals surface area (Å²) in [4.78, 5) is 15.9. The lowest BCUT2D eigenvalue weighted by atomic mass is 10.1. The molecule has 1 aromatic heterocycles. The number of nitrogens with zero attached hydrogens (tertiary/aromatic N) is 1. The lowest BCUT2D eigenvalue weighted by molar-refractivity contribution is 0.0949. The number of carbonyl (C=O) groups is 1. The fourth-order valence-corrected chi connectivity index (χ4v) is 1.97. The van der Waals surface area contributed by atoms with Gasteiger partial charge in [0.15, 0.2) is 11.6 Å². The minimum atomic E-state index is -0.251. The van der Waals surface area contributed by atoms with E-state index in [2.05, 4.69) is 10.3 Å². The number of oxazole rings is 1. The van der Waals surface area contributed by atoms with Gasteiger partial charge in [0, 0.05) is 24.5 Å². The smallest absolute Gasteiger partial charge is 0.273 e. The van der Waals surface area contributed by atoms with E-state index < -0.39 is 0 Å². The van der Waals surface area contributed by atoms with Gasteiger partial charge in [-0.3, -0.25) is 4.79 Å². The number of rotatable bonds is 6. The number of amides is 1. The van der Waals surface area contributed by atoms with Crippen LogP contribution in [0.15, 0.2) is 34.9 Å². The van der Waals surface area contributed by atoms with E-state index in [0.29, 0.717) is 36.8 Å². The van der Waals surface area contributed by atoms with E-state index in [1.54, 1.807) is 0 Å². The summed E-state index contributed by atoms with van der Waals surface area (Å²) in [6, 6.07) is 7.55. The van der Waals surface area contributed by atoms with Gasteiger partial charge in [0.1, 0.15) is 6.26 Å². The molecule has 6 heteroatoms. The Balaban J connectivity index is 1.82. The fraction of sp³-hybridized carbons (Fsp3) is 0.286. The second kappa shape index (κ2) is 7.07. The van der Waals surface area contributed by atoms with Gasteiger partial charge in [-0.2, -0.15) is 0 Å². The van der Waals surface area contributed by atoms with Gasteiger partial charge in [0.25, 0.3) is 5.91 Å². The van der Waals surface area contributed by atoms with E-state index >= 15 is 0 Å². The Labute approximate surface area is 122 Å². The van der Waals surface area contributed by atoms with Crippen molar-refractivity contribution in [1.29, 1.82) is 0 Å². The number of nitrogens with one attached hydrogen (secondary N) is 1. The third-order valence-electron chi connectivity index (χ3n) is 2.73. The molecule has 0 radical (unpaired) electrons. The zero-order valence-corrected chi connectivity index (χ0v) is 11.7. The molecule has 0 fully saturated rings. The average molecular weight is 294 g/mol. The first-order valence-corrected chi connectivity index (χ1v) is 6.74. The molecule has 0 aliphatic rings. The highest BCUT2D eigenvalue weighted by Crippen LogP contribution is 2.10. The summed E-state index contributed by atoms with van der Waals surface area (Å²) in [6.45, 7) is 0.953. The highest BCUT2D eigenvalue weighted by molar-refractivity contribution is 6.30. The molecule has 2 aromatic rings. The number of hydrogen-bond donors (Lipinski definition) is 2. The van der Waals surface area contributed by atoms with Crippen LogP contribution in [0.25, 0.3) is 0 Å². The zero-order valence-electron chi connectivity index (χ0n) is 10.9. The summed E-state index contributed by atoms with van der Waals surface area (Å²) in [5.74, 6) is 0.228. The van der Waals surface area contributed by atoms with Gasteiger partial charge in [-0.25, -0.2) is 4.98 Å². The first kappa shape index (κ1) is 14.6. The Morgan fingerprint density at radius 2 is 2.25 bits per heavy atom. The van der Waals surface area contributed by atoms with Crippen molar-refractivity contribution in [3.63, 3.8) is 0 Å². The minimum Gasteiger partial charge on any atom is -0.448 e. The standard InChI is InChI=1S/C14H16ClN3O2/c15-11-3-1-2-10(8-11)5-7-17-14(19)12-9-20-13(18-12)4-6-16/h1-3,8-9H,4-7,16H2,(H,17,19). The molecule has 20 heavy (non-hydrogen) atoms. The first-order chi connectivity index (χ1) is 9.69. The van der Waals surface area contributed by atoms with Gasteiger partial charge < -0.3 is 15.5 Å². The van der Waals surface area contributed by atoms with Crippen LogP contribution in [0.1, 0.15) is 21.9 Å². The zero-order chi connectivity index (χ0) is 14.4. The topological polar surface area (TPSA) is 81.1 Å². The first-order valence-electron chi connectivity index (χ1n) is 6.36. The molecular formula is C14H16ClN3O2. The molecule has 2 rings (SSSR count). The van der Waals surface area contributed by atoms with Gasteiger partial charge >= 0.3 is 0 Å². The van der Waals surface area contributed by atoms with Crippen molar-refractivity contribution in [1.82, 2.24) is 10.3 Å². The highest BCUT2D eigenvalue weighted by Gasteiger charge is 2.11. The number of aromatic nitrogens is 1. The summed E-state index contributed by atoms with van der Waals surface area (Å²) in [7, 11) is 0. The molecule has 0 bridgehead atoms. The molecule has 1 aromatic carbocycles. The molecule has 0 aliphatic carbocycles. The SMILES string of the molecule is NCCc1nc(C(=O)NCCc2cccc(Cl)c2)co1. The van der Waals surface area contributed by atoms with Crippen LogP contribution in [0.2, 0.25) is 5.02 Å². The van der Waals surface area contributed by atoms with E-state index in [-0.39, 0.29) is 11.6 Å². The van der Waals surface area contributed by atoms with Crippen molar-refractivity contribution in [2.24, 2.45) is 5.73 Å². The third kappa shape index (κ3) is 4.08. The van der Waals surface area contributed by atoms with E-state index in [4.69, 9.17) is 21.8 Å². The lowest BCUT2D eigenvalue weighted by Gasteiger charge is -2.03. The predicted octanol–water partition coefficient (Wildman–Crippen LogP) is 1.80. The number of carbonyl (C=O) groups excluding carboxylic acids is 1. The van der Waals surface area contributed by atoms with Gasteiger partial charge in [0.05, 0.1) is 0 Å². The normalized spacial score (nSPS) is 10.5. The van der Waals surface area contributed by atoms with Crippen LogP contribution < -0.4 is 11.1 Å². The predicted molar refractivity (Wildman–Crippen MR) is 76.8 cm³/mol. The largest absolute Gasteiger partial charge is 0.448 e. The Bertz CT molecular complexity index is 583. The van der Waals surface area contributed by atoms with Crippen LogP contribution in [-0.4, -0.2) is 24.0 Å². The highest BCUT2D eigenvalue weighted by atomic mass is 35.5. The number of nitrogens with two attached hydrogens (primary N) is 1. The summed E-state index contributed by atoms with van der Waals surface area (Å²) in [5, 5.41) is 3.48. The summed E-state index contributed by atoms with van der Waals surface area (Å²) < 4.78 is 5.14. The van der Waals surface area contributed by atoms with Crippen LogP contribution >= 0.6 is 11.6 Å². The minimum absolute atomic E-state index is 0.251. The van der Waals surface area contributed by atoms with Gasteiger partial charge in [-0.1, -0.05) is 23.7 Å². The van der Waals surface area contributed by atoms with Crippen LogP contribution in [0.4, 0.5) is 0 Å². The molecule has 0 unspecified atom stereocenters. The maximum atomic E-state index is 11.8. The average Bonchev–Trinajstić information content (AvgIpc) is 2.88. The molecule has 0 spiro atoms. The molecule has 1 amide bonds. The monoisotopic (exact) mass is 293 g/mol. The van der Waals surface area contributed by atoms with Gasteiger partial charge in [-0.15, -0.1) is 0 Å². The molecule has 0 aliphatic heterocycles. The van der Waals surface area contributed by atoms with Crippen molar-refractivity contribution >= 4 is 17.5 Å². The third-order valence-corrected chi connectivity index (χ3v) is 2.97. The van der Waals surface area contributed by atoms with Crippen molar-refractivity contribution in [2.45, 2.75) is 12.8 Å². The maximum Gasteiger partial charge on any atom is 0.273 e. The summed E-state index contributed by atoms with van der Waals surface area (Å²) >= 11 is 5.89. The van der Waals surface area contributed by atoms with Crippen molar-refractivity contribution in [3.8, 4) is 0 Å². The second-order valence-corrected chi connectivity index (χ2v) is 4.74. The van der Waals surface area contributed by atoms with Gasteiger partial charge in [-0.05, 0) is 24.1 Å². The van der Waals surface area contributed by atoms with Crippen LogP contribution in [0.3, 0.4) is 0 Å². The summed E-state index contributed by atoms with van der Waals surface area (Å²) in [5.41, 5.74) is 6.74. The molecule has 3 N–H and O–H groups in total. The van der Waals surface area contributed by atoms with E-state index in [1.807, 2.05) is 24.3 Å². The Morgan fingerprint density at radius 1 is 1.40 bits per heavy atom. The fourth-order valence-electron chi connectivity index (χ4n) is 1.76. The van der Waals surface area contributed by atoms with Crippen molar-refractivity contribution in [3.05, 3.63) is 52.7 Å². The lowest BCUT2D eigenvalue weighted by Crippen LogP contribution is -2.26. The Hall–Kier alpha value is -1.85. The number of halogens is 1. The summed E-state index contributed by atoms with van der Waals surface area (Å²) in [6.07, 6.45) is 2.58. The number of hydrogen-bond acceptors (Lipinski definition) is 4. The van der Waals surface area contributed by atoms with Crippen LogP contribution in [0.5, 0.6) is 0 Å². The molecule has 5 nitrogen and oxygen atoms in total. The molecule has 106 valence electrons. The molecule has 0 atom stereocenters. The van der Waals surface area contributed by atoms with Crippen molar-refractivity contribution < 1.29 is 9.21 Å². The van der Waals surface area contributed by atoms with E-state index in [9.17, 15) is 4.79 Å². The van der Waals surface area contributed by atoms with E-state index in [1.165, 1.54) is 6.26 Å². The maximum absolute atomic E-state index is 11.8. The molecular weight excluding hydrogens is 278 g/mol. The van der Waals surface area contributed by atoms with Gasteiger partial charge in [0.2, 0.25) is 0 Å². The molecule has 0 saturated heterocycles. The molecule has 0 saturated carbocycles. The van der Waals surface area contributed by atoms with Crippen molar-refractivity contribution in [2.75, 3.05) is 13.1 Å². The van der Waals surface area contributed by atoms with Crippen LogP contribution in [-0.2, 0) is 12.8 Å². The Kier molecular flexibility index (Phi) is 5.15.